The summed E-state index contributed by atoms with van der Waals surface area (Å²) in [5, 5.41) is 3.64. The van der Waals surface area contributed by atoms with Gasteiger partial charge in [0.05, 0.1) is 0 Å². The summed E-state index contributed by atoms with van der Waals surface area (Å²) in [7, 11) is 0. The molecule has 2 amide bonds. The molecule has 0 aliphatic heterocycles. The van der Waals surface area contributed by atoms with Gasteiger partial charge in [0.25, 0.3) is 5.91 Å². The third-order valence-electron chi connectivity index (χ3n) is 5.95. The Hall–Kier alpha value is -4.09. The van der Waals surface area contributed by atoms with Gasteiger partial charge in [0.2, 0.25) is 5.91 Å². The van der Waals surface area contributed by atoms with Gasteiger partial charge in [-0.25, -0.2) is 0 Å². The number of carbonyl (C=O) groups is 2. The highest BCUT2D eigenvalue weighted by atomic mass is 35.5. The number of nitrogens with zero attached hydrogens (tertiary/aromatic N) is 1. The summed E-state index contributed by atoms with van der Waals surface area (Å²) in [6.07, 6.45) is 0.367. The van der Waals surface area contributed by atoms with Crippen molar-refractivity contribution in [2.45, 2.75) is 25.6 Å². The number of amides is 2. The average molecular weight is 513 g/mol. The molecule has 0 saturated heterocycles. The predicted octanol–water partition coefficient (Wildman–Crippen LogP) is 5.68. The van der Waals surface area contributed by atoms with Crippen molar-refractivity contribution < 1.29 is 14.3 Å². The molecule has 0 radical (unpaired) electrons. The summed E-state index contributed by atoms with van der Waals surface area (Å²) >= 11 is 6.08. The average Bonchev–Trinajstić information content (AvgIpc) is 2.95. The Morgan fingerprint density at radius 2 is 1.30 bits per heavy atom. The molecule has 188 valence electrons. The zero-order valence-electron chi connectivity index (χ0n) is 20.4. The number of halogens is 1. The molecular weight excluding hydrogens is 484 g/mol. The van der Waals surface area contributed by atoms with Gasteiger partial charge in [-0.3, -0.25) is 9.59 Å². The third kappa shape index (κ3) is 7.95. The topological polar surface area (TPSA) is 58.6 Å². The molecule has 4 aromatic rings. The SMILES string of the molecule is O=C(NCc1ccccc1)[C@H](Cc1ccccc1)N(Cc1ccc(Cl)cc1)C(=O)COc1ccccc1. The van der Waals surface area contributed by atoms with Crippen molar-refractivity contribution in [2.75, 3.05) is 6.61 Å². The van der Waals surface area contributed by atoms with Gasteiger partial charge in [-0.05, 0) is 41.0 Å². The highest BCUT2D eigenvalue weighted by molar-refractivity contribution is 6.30. The van der Waals surface area contributed by atoms with Crippen molar-refractivity contribution in [3.05, 3.63) is 137 Å². The second-order valence-electron chi connectivity index (χ2n) is 8.66. The van der Waals surface area contributed by atoms with Crippen LogP contribution in [0.1, 0.15) is 16.7 Å². The Labute approximate surface area is 222 Å². The van der Waals surface area contributed by atoms with Crippen molar-refractivity contribution in [1.82, 2.24) is 10.2 Å². The number of carbonyl (C=O) groups excluding carboxylic acids is 2. The lowest BCUT2D eigenvalue weighted by molar-refractivity contribution is -0.142. The molecule has 0 bridgehead atoms. The van der Waals surface area contributed by atoms with Gasteiger partial charge in [0.1, 0.15) is 11.8 Å². The van der Waals surface area contributed by atoms with Gasteiger partial charge >= 0.3 is 0 Å². The van der Waals surface area contributed by atoms with Gasteiger partial charge < -0.3 is 15.0 Å². The molecule has 0 fully saturated rings. The fourth-order valence-corrected chi connectivity index (χ4v) is 4.11. The van der Waals surface area contributed by atoms with E-state index < -0.39 is 6.04 Å². The van der Waals surface area contributed by atoms with E-state index in [0.29, 0.717) is 23.7 Å². The molecule has 0 unspecified atom stereocenters. The standard InChI is InChI=1S/C31H29ClN2O3/c32-27-18-16-26(17-19-27)22-34(30(35)23-37-28-14-8-3-9-15-28)29(20-24-10-4-1-5-11-24)31(36)33-21-25-12-6-2-7-13-25/h1-19,29H,20-23H2,(H,33,36)/t29-/m0/s1. The quantitative estimate of drug-likeness (QED) is 0.281. The maximum absolute atomic E-state index is 13.6. The molecule has 0 aromatic heterocycles. The van der Waals surface area contributed by atoms with E-state index in [1.807, 2.05) is 91.0 Å². The minimum atomic E-state index is -0.742. The van der Waals surface area contributed by atoms with Crippen molar-refractivity contribution in [1.29, 1.82) is 0 Å². The number of nitrogens with one attached hydrogen (secondary N) is 1. The van der Waals surface area contributed by atoms with Crippen LogP contribution in [0.15, 0.2) is 115 Å². The maximum atomic E-state index is 13.6. The summed E-state index contributed by atoms with van der Waals surface area (Å²) in [6.45, 7) is 0.424. The molecular formula is C31H29ClN2O3. The summed E-state index contributed by atoms with van der Waals surface area (Å²) in [6, 6.07) is 35.1. The summed E-state index contributed by atoms with van der Waals surface area (Å²) in [4.78, 5) is 28.8. The number of benzene rings is 4. The van der Waals surface area contributed by atoms with Crippen molar-refractivity contribution in [2.24, 2.45) is 0 Å². The van der Waals surface area contributed by atoms with E-state index >= 15 is 0 Å². The maximum Gasteiger partial charge on any atom is 0.261 e. The third-order valence-corrected chi connectivity index (χ3v) is 6.20. The molecule has 0 spiro atoms. The van der Waals surface area contributed by atoms with Crippen LogP contribution in [-0.4, -0.2) is 29.4 Å². The summed E-state index contributed by atoms with van der Waals surface area (Å²) in [5.41, 5.74) is 2.81. The molecule has 0 heterocycles. The Morgan fingerprint density at radius 1 is 0.730 bits per heavy atom. The van der Waals surface area contributed by atoms with E-state index in [1.165, 1.54) is 0 Å². The fraction of sp³-hybridized carbons (Fsp3) is 0.161. The normalized spacial score (nSPS) is 11.4. The van der Waals surface area contributed by atoms with Gasteiger partial charge in [-0.2, -0.15) is 0 Å². The van der Waals surface area contributed by atoms with Crippen LogP contribution in [-0.2, 0) is 29.1 Å². The van der Waals surface area contributed by atoms with Crippen molar-refractivity contribution in [3.8, 4) is 5.75 Å². The first-order valence-electron chi connectivity index (χ1n) is 12.2. The van der Waals surface area contributed by atoms with Crippen LogP contribution in [0.4, 0.5) is 0 Å². The lowest BCUT2D eigenvalue weighted by Gasteiger charge is -2.31. The molecule has 0 aliphatic rings. The molecule has 0 aliphatic carbocycles. The number of para-hydroxylation sites is 1. The summed E-state index contributed by atoms with van der Waals surface area (Å²) < 4.78 is 5.77. The van der Waals surface area contributed by atoms with Gasteiger partial charge in [-0.1, -0.05) is 103 Å². The predicted molar refractivity (Wildman–Crippen MR) is 146 cm³/mol. The van der Waals surface area contributed by atoms with E-state index in [9.17, 15) is 9.59 Å². The molecule has 4 aromatic carbocycles. The lowest BCUT2D eigenvalue weighted by Crippen LogP contribution is -2.51. The largest absolute Gasteiger partial charge is 0.484 e. The van der Waals surface area contributed by atoms with Crippen molar-refractivity contribution in [3.63, 3.8) is 0 Å². The molecule has 5 nitrogen and oxygen atoms in total. The Bertz CT molecular complexity index is 1270. The smallest absolute Gasteiger partial charge is 0.261 e. The van der Waals surface area contributed by atoms with E-state index in [-0.39, 0.29) is 25.0 Å². The van der Waals surface area contributed by atoms with Crippen LogP contribution in [0.3, 0.4) is 0 Å². The summed E-state index contributed by atoms with van der Waals surface area (Å²) in [5.74, 6) is 0.0831. The number of ether oxygens (including phenoxy) is 1. The molecule has 6 heteroatoms. The first kappa shape index (κ1) is 26.0. The molecule has 1 atom stereocenters. The molecule has 1 N–H and O–H groups in total. The monoisotopic (exact) mass is 512 g/mol. The van der Waals surface area contributed by atoms with E-state index in [4.69, 9.17) is 16.3 Å². The van der Waals surface area contributed by atoms with Gasteiger partial charge in [-0.15, -0.1) is 0 Å². The molecule has 37 heavy (non-hydrogen) atoms. The second kappa shape index (κ2) is 13.3. The van der Waals surface area contributed by atoms with Crippen LogP contribution >= 0.6 is 11.6 Å². The fourth-order valence-electron chi connectivity index (χ4n) is 3.99. The zero-order chi connectivity index (χ0) is 25.9. The van der Waals surface area contributed by atoms with Crippen LogP contribution in [0.2, 0.25) is 5.02 Å². The van der Waals surface area contributed by atoms with Crippen molar-refractivity contribution >= 4 is 23.4 Å². The Kier molecular flexibility index (Phi) is 9.33. The highest BCUT2D eigenvalue weighted by Crippen LogP contribution is 2.18. The van der Waals surface area contributed by atoms with Crippen LogP contribution in [0, 0.1) is 0 Å². The zero-order valence-corrected chi connectivity index (χ0v) is 21.2. The minimum Gasteiger partial charge on any atom is -0.484 e. The number of hydrogen-bond donors (Lipinski definition) is 1. The first-order chi connectivity index (χ1) is 18.1. The second-order valence-corrected chi connectivity index (χ2v) is 9.10. The molecule has 4 rings (SSSR count). The van der Waals surface area contributed by atoms with Crippen LogP contribution < -0.4 is 10.1 Å². The first-order valence-corrected chi connectivity index (χ1v) is 12.5. The Balaban J connectivity index is 1.60. The van der Waals surface area contributed by atoms with E-state index in [1.54, 1.807) is 29.2 Å². The molecule has 0 saturated carbocycles. The van der Waals surface area contributed by atoms with Gasteiger partial charge in [0.15, 0.2) is 6.61 Å². The number of rotatable bonds is 11. The van der Waals surface area contributed by atoms with Gasteiger partial charge in [0, 0.05) is 24.5 Å². The van der Waals surface area contributed by atoms with E-state index in [2.05, 4.69) is 5.32 Å². The highest BCUT2D eigenvalue weighted by Gasteiger charge is 2.30. The number of hydrogen-bond acceptors (Lipinski definition) is 3. The van der Waals surface area contributed by atoms with E-state index in [0.717, 1.165) is 16.7 Å². The van der Waals surface area contributed by atoms with Crippen LogP contribution in [0.5, 0.6) is 5.75 Å². The Morgan fingerprint density at radius 3 is 1.92 bits per heavy atom. The van der Waals surface area contributed by atoms with Crippen LogP contribution in [0.25, 0.3) is 0 Å². The lowest BCUT2D eigenvalue weighted by atomic mass is 10.0. The minimum absolute atomic E-state index is 0.186.